The van der Waals surface area contributed by atoms with Crippen molar-refractivity contribution in [2.75, 3.05) is 6.61 Å². The zero-order valence-electron chi connectivity index (χ0n) is 12.4. The molecule has 2 aromatic rings. The van der Waals surface area contributed by atoms with E-state index >= 15 is 0 Å². The molecular weight excluding hydrogens is 276 g/mol. The normalized spacial score (nSPS) is 13.0. The number of ether oxygens (including phenoxy) is 1. The summed E-state index contributed by atoms with van der Waals surface area (Å²) in [5.74, 6) is 5.83. The van der Waals surface area contributed by atoms with Gasteiger partial charge < -0.3 is 14.9 Å². The monoisotopic (exact) mass is 296 g/mol. The van der Waals surface area contributed by atoms with Gasteiger partial charge in [0.15, 0.2) is 0 Å². The molecule has 0 spiro atoms. The second-order valence-electron chi connectivity index (χ2n) is 5.01. The number of rotatable bonds is 6. The molecule has 0 radical (unpaired) electrons. The van der Waals surface area contributed by atoms with Crippen LogP contribution in [0.4, 0.5) is 0 Å². The van der Waals surface area contributed by atoms with Crippen LogP contribution in [0.2, 0.25) is 0 Å². The van der Waals surface area contributed by atoms with E-state index in [1.807, 2.05) is 60.7 Å². The van der Waals surface area contributed by atoms with E-state index < -0.39 is 12.2 Å². The van der Waals surface area contributed by atoms with Crippen LogP contribution in [0.5, 0.6) is 0 Å². The van der Waals surface area contributed by atoms with Crippen LogP contribution >= 0.6 is 0 Å². The molecule has 0 fully saturated rings. The summed E-state index contributed by atoms with van der Waals surface area (Å²) in [5.41, 5.74) is 1.93. The molecule has 0 aromatic heterocycles. The van der Waals surface area contributed by atoms with Crippen molar-refractivity contribution in [2.24, 2.45) is 0 Å². The summed E-state index contributed by atoms with van der Waals surface area (Å²) in [7, 11) is 0. The van der Waals surface area contributed by atoms with Gasteiger partial charge in [-0.15, -0.1) is 0 Å². The third kappa shape index (κ3) is 5.71. The fourth-order valence-electron chi connectivity index (χ4n) is 1.90. The first-order valence-corrected chi connectivity index (χ1v) is 7.27. The summed E-state index contributed by atoms with van der Waals surface area (Å²) in [6.07, 6.45) is -1.63. The molecule has 0 bridgehead atoms. The predicted molar refractivity (Wildman–Crippen MR) is 86.0 cm³/mol. The average Bonchev–Trinajstić information content (AvgIpc) is 2.56. The van der Waals surface area contributed by atoms with Gasteiger partial charge in [0.1, 0.15) is 6.10 Å². The van der Waals surface area contributed by atoms with Gasteiger partial charge in [0, 0.05) is 12.0 Å². The third-order valence-corrected chi connectivity index (χ3v) is 3.16. The van der Waals surface area contributed by atoms with Crippen molar-refractivity contribution >= 4 is 0 Å². The molecule has 2 N–H and O–H groups in total. The molecule has 2 atom stereocenters. The van der Waals surface area contributed by atoms with Crippen molar-refractivity contribution in [3.63, 3.8) is 0 Å². The largest absolute Gasteiger partial charge is 0.389 e. The Hall–Kier alpha value is -2.12. The third-order valence-electron chi connectivity index (χ3n) is 3.16. The summed E-state index contributed by atoms with van der Waals surface area (Å²) in [4.78, 5) is 0. The van der Waals surface area contributed by atoms with Crippen molar-refractivity contribution in [1.82, 2.24) is 0 Å². The standard InChI is InChI=1S/C19H20O3/c20-18(13-7-12-16-8-3-1-4-9-16)19(21)15-22-14-17-10-5-2-6-11-17/h1-6,8-11,18-21H,13-15H2/t18-,19+/m0/s1. The Morgan fingerprint density at radius 3 is 2.18 bits per heavy atom. The van der Waals surface area contributed by atoms with Gasteiger partial charge in [-0.3, -0.25) is 0 Å². The number of benzene rings is 2. The highest BCUT2D eigenvalue weighted by molar-refractivity contribution is 5.33. The van der Waals surface area contributed by atoms with Crippen LogP contribution in [0, 0.1) is 11.8 Å². The van der Waals surface area contributed by atoms with Gasteiger partial charge in [0.05, 0.1) is 19.3 Å². The lowest BCUT2D eigenvalue weighted by atomic mass is 10.1. The van der Waals surface area contributed by atoms with E-state index in [-0.39, 0.29) is 13.0 Å². The maximum atomic E-state index is 9.86. The van der Waals surface area contributed by atoms with Crippen molar-refractivity contribution < 1.29 is 14.9 Å². The summed E-state index contributed by atoms with van der Waals surface area (Å²) in [6.45, 7) is 0.503. The molecule has 0 amide bonds. The van der Waals surface area contributed by atoms with E-state index in [0.29, 0.717) is 6.61 Å². The number of aliphatic hydroxyl groups is 2. The second kappa shape index (κ2) is 9.01. The first-order valence-electron chi connectivity index (χ1n) is 7.27. The van der Waals surface area contributed by atoms with Gasteiger partial charge in [-0.05, 0) is 17.7 Å². The van der Waals surface area contributed by atoms with E-state index in [2.05, 4.69) is 11.8 Å². The lowest BCUT2D eigenvalue weighted by Crippen LogP contribution is -2.30. The molecule has 22 heavy (non-hydrogen) atoms. The first-order chi connectivity index (χ1) is 10.8. The predicted octanol–water partition coefficient (Wildman–Crippen LogP) is 2.37. The number of hydrogen-bond donors (Lipinski definition) is 2. The van der Waals surface area contributed by atoms with E-state index in [0.717, 1.165) is 11.1 Å². The highest BCUT2D eigenvalue weighted by Gasteiger charge is 2.15. The molecule has 0 saturated heterocycles. The average molecular weight is 296 g/mol. The quantitative estimate of drug-likeness (QED) is 0.805. The maximum Gasteiger partial charge on any atom is 0.104 e. The van der Waals surface area contributed by atoms with Crippen molar-refractivity contribution in [3.8, 4) is 11.8 Å². The molecule has 0 aliphatic rings. The molecule has 3 heteroatoms. The zero-order valence-corrected chi connectivity index (χ0v) is 12.4. The molecule has 0 aliphatic carbocycles. The molecule has 0 saturated carbocycles. The van der Waals surface area contributed by atoms with E-state index in [4.69, 9.17) is 4.74 Å². The Morgan fingerprint density at radius 2 is 1.50 bits per heavy atom. The van der Waals surface area contributed by atoms with Crippen LogP contribution in [0.3, 0.4) is 0 Å². The van der Waals surface area contributed by atoms with Crippen molar-refractivity contribution in [1.29, 1.82) is 0 Å². The highest BCUT2D eigenvalue weighted by Crippen LogP contribution is 2.04. The van der Waals surface area contributed by atoms with Crippen molar-refractivity contribution in [3.05, 3.63) is 71.8 Å². The topological polar surface area (TPSA) is 49.7 Å². The zero-order chi connectivity index (χ0) is 15.6. The Labute approximate surface area is 131 Å². The molecule has 0 heterocycles. The number of aliphatic hydroxyl groups excluding tert-OH is 2. The Morgan fingerprint density at radius 1 is 0.864 bits per heavy atom. The molecular formula is C19H20O3. The van der Waals surface area contributed by atoms with Crippen LogP contribution in [-0.4, -0.2) is 29.0 Å². The van der Waals surface area contributed by atoms with Crippen molar-refractivity contribution in [2.45, 2.75) is 25.2 Å². The van der Waals surface area contributed by atoms with Crippen LogP contribution in [-0.2, 0) is 11.3 Å². The minimum absolute atomic E-state index is 0.0864. The van der Waals surface area contributed by atoms with E-state index in [9.17, 15) is 10.2 Å². The van der Waals surface area contributed by atoms with Crippen LogP contribution in [0.15, 0.2) is 60.7 Å². The number of hydrogen-bond acceptors (Lipinski definition) is 3. The summed E-state index contributed by atoms with van der Waals surface area (Å²) >= 11 is 0. The Kier molecular flexibility index (Phi) is 6.66. The highest BCUT2D eigenvalue weighted by atomic mass is 16.5. The first kappa shape index (κ1) is 16.3. The Balaban J connectivity index is 1.71. The van der Waals surface area contributed by atoms with Gasteiger partial charge in [-0.2, -0.15) is 0 Å². The van der Waals surface area contributed by atoms with Gasteiger partial charge in [-0.1, -0.05) is 60.4 Å². The van der Waals surface area contributed by atoms with Gasteiger partial charge in [0.2, 0.25) is 0 Å². The summed E-state index contributed by atoms with van der Waals surface area (Å²) in [6, 6.07) is 19.3. The smallest absolute Gasteiger partial charge is 0.104 e. The fraction of sp³-hybridized carbons (Fsp3) is 0.263. The molecule has 3 nitrogen and oxygen atoms in total. The summed E-state index contributed by atoms with van der Waals surface area (Å²) < 4.78 is 5.41. The minimum Gasteiger partial charge on any atom is -0.389 e. The maximum absolute atomic E-state index is 9.86. The molecule has 114 valence electrons. The minimum atomic E-state index is -0.936. The SMILES string of the molecule is O[C@H](COCc1ccccc1)[C@@H](O)CC#Cc1ccccc1. The molecule has 2 rings (SSSR count). The molecule has 2 aromatic carbocycles. The van der Waals surface area contributed by atoms with Gasteiger partial charge in [0.25, 0.3) is 0 Å². The van der Waals surface area contributed by atoms with Crippen LogP contribution < -0.4 is 0 Å². The van der Waals surface area contributed by atoms with Crippen LogP contribution in [0.1, 0.15) is 17.5 Å². The second-order valence-corrected chi connectivity index (χ2v) is 5.01. The van der Waals surface area contributed by atoms with Gasteiger partial charge >= 0.3 is 0 Å². The Bertz CT molecular complexity index is 599. The molecule has 0 aliphatic heterocycles. The van der Waals surface area contributed by atoms with Gasteiger partial charge in [-0.25, -0.2) is 0 Å². The summed E-state index contributed by atoms with van der Waals surface area (Å²) in [5, 5.41) is 19.7. The van der Waals surface area contributed by atoms with Crippen LogP contribution in [0.25, 0.3) is 0 Å². The van der Waals surface area contributed by atoms with E-state index in [1.165, 1.54) is 0 Å². The lowest BCUT2D eigenvalue weighted by Gasteiger charge is -2.15. The fourth-order valence-corrected chi connectivity index (χ4v) is 1.90. The van der Waals surface area contributed by atoms with E-state index in [1.54, 1.807) is 0 Å². The molecule has 0 unspecified atom stereocenters. The lowest BCUT2D eigenvalue weighted by molar-refractivity contribution is -0.0398.